The summed E-state index contributed by atoms with van der Waals surface area (Å²) in [7, 11) is 1.28. The number of ether oxygens (including phenoxy) is 2. The van der Waals surface area contributed by atoms with E-state index in [2.05, 4.69) is 10.1 Å². The van der Waals surface area contributed by atoms with Crippen LogP contribution in [0.1, 0.15) is 20.3 Å². The molecule has 0 bridgehead atoms. The van der Waals surface area contributed by atoms with Crippen molar-refractivity contribution in [3.05, 3.63) is 28.2 Å². The Kier molecular flexibility index (Phi) is 7.48. The molecule has 122 valence electrons. The molecule has 1 amide bonds. The van der Waals surface area contributed by atoms with Crippen molar-refractivity contribution in [2.24, 2.45) is 5.92 Å². The largest absolute Gasteiger partial charge is 0.482 e. The summed E-state index contributed by atoms with van der Waals surface area (Å²) in [5.41, 5.74) is 0. The van der Waals surface area contributed by atoms with E-state index in [0.717, 1.165) is 0 Å². The van der Waals surface area contributed by atoms with Crippen molar-refractivity contribution in [3.8, 4) is 5.75 Å². The topological polar surface area (TPSA) is 64.6 Å². The molecule has 0 spiro atoms. The van der Waals surface area contributed by atoms with Crippen LogP contribution in [0.3, 0.4) is 0 Å². The molecule has 22 heavy (non-hydrogen) atoms. The summed E-state index contributed by atoms with van der Waals surface area (Å²) in [6.07, 6.45) is 0.482. The lowest BCUT2D eigenvalue weighted by Crippen LogP contribution is -2.44. The van der Waals surface area contributed by atoms with Gasteiger partial charge in [-0.25, -0.2) is 4.79 Å². The van der Waals surface area contributed by atoms with Gasteiger partial charge in [0, 0.05) is 0 Å². The van der Waals surface area contributed by atoms with Crippen molar-refractivity contribution in [2.75, 3.05) is 13.7 Å². The molecule has 0 saturated carbocycles. The van der Waals surface area contributed by atoms with Crippen molar-refractivity contribution in [2.45, 2.75) is 26.3 Å². The van der Waals surface area contributed by atoms with Gasteiger partial charge in [0.1, 0.15) is 16.8 Å². The van der Waals surface area contributed by atoms with Crippen molar-refractivity contribution in [1.82, 2.24) is 5.32 Å². The summed E-state index contributed by atoms with van der Waals surface area (Å²) in [6.45, 7) is 3.63. The van der Waals surface area contributed by atoms with Gasteiger partial charge in [-0.15, -0.1) is 0 Å². The standard InChI is InChI=1S/C15H19Cl2NO4/c1-9(2)7-11(15(20)21-3)18-13(19)8-22-12-6-4-5-10(16)14(12)17/h4-6,9,11H,7-8H2,1-3H3,(H,18,19)/t11-/m1/s1. The Bertz CT molecular complexity index is 534. The number of benzene rings is 1. The first-order valence-corrected chi connectivity index (χ1v) is 7.54. The second kappa shape index (κ2) is 8.86. The molecule has 0 unspecified atom stereocenters. The average Bonchev–Trinajstić information content (AvgIpc) is 2.46. The van der Waals surface area contributed by atoms with Gasteiger partial charge in [0.25, 0.3) is 5.91 Å². The van der Waals surface area contributed by atoms with Crippen LogP contribution < -0.4 is 10.1 Å². The summed E-state index contributed by atoms with van der Waals surface area (Å²) in [5.74, 6) is -0.384. The number of esters is 1. The maximum Gasteiger partial charge on any atom is 0.328 e. The van der Waals surface area contributed by atoms with Gasteiger partial charge in [0.2, 0.25) is 0 Å². The molecular weight excluding hydrogens is 329 g/mol. The van der Waals surface area contributed by atoms with Crippen LogP contribution in [-0.4, -0.2) is 31.6 Å². The Hall–Kier alpha value is -1.46. The van der Waals surface area contributed by atoms with Gasteiger partial charge in [0.15, 0.2) is 6.61 Å². The molecule has 0 aliphatic carbocycles. The normalized spacial score (nSPS) is 11.9. The number of rotatable bonds is 7. The van der Waals surface area contributed by atoms with Crippen LogP contribution in [0.5, 0.6) is 5.75 Å². The molecule has 0 fully saturated rings. The Morgan fingerprint density at radius 1 is 1.27 bits per heavy atom. The number of carbonyl (C=O) groups is 2. The number of methoxy groups -OCH3 is 1. The fourth-order valence-corrected chi connectivity index (χ4v) is 2.15. The van der Waals surface area contributed by atoms with E-state index in [1.165, 1.54) is 7.11 Å². The predicted octanol–water partition coefficient (Wildman–Crippen LogP) is 3.08. The third kappa shape index (κ3) is 5.73. The maximum atomic E-state index is 11.9. The van der Waals surface area contributed by atoms with Gasteiger partial charge in [-0.05, 0) is 24.5 Å². The van der Waals surface area contributed by atoms with Crippen molar-refractivity contribution < 1.29 is 19.1 Å². The molecule has 1 rings (SSSR count). The third-order valence-electron chi connectivity index (χ3n) is 2.80. The summed E-state index contributed by atoms with van der Waals surface area (Å²) in [4.78, 5) is 23.5. The minimum atomic E-state index is -0.698. The fourth-order valence-electron chi connectivity index (χ4n) is 1.80. The van der Waals surface area contributed by atoms with E-state index < -0.39 is 17.9 Å². The van der Waals surface area contributed by atoms with Gasteiger partial charge in [-0.2, -0.15) is 0 Å². The molecular formula is C15H19Cl2NO4. The van der Waals surface area contributed by atoms with E-state index >= 15 is 0 Å². The lowest BCUT2D eigenvalue weighted by atomic mass is 10.0. The monoisotopic (exact) mass is 347 g/mol. The molecule has 0 aromatic heterocycles. The third-order valence-corrected chi connectivity index (χ3v) is 3.60. The lowest BCUT2D eigenvalue weighted by Gasteiger charge is -2.18. The van der Waals surface area contributed by atoms with E-state index in [9.17, 15) is 9.59 Å². The van der Waals surface area contributed by atoms with Gasteiger partial charge in [0.05, 0.1) is 12.1 Å². The van der Waals surface area contributed by atoms with Crippen molar-refractivity contribution in [1.29, 1.82) is 0 Å². The number of nitrogens with one attached hydrogen (secondary N) is 1. The molecule has 0 aliphatic heterocycles. The number of hydrogen-bond acceptors (Lipinski definition) is 4. The molecule has 1 atom stereocenters. The van der Waals surface area contributed by atoms with Crippen LogP contribution in [-0.2, 0) is 14.3 Å². The second-order valence-electron chi connectivity index (χ2n) is 5.11. The number of amides is 1. The maximum absolute atomic E-state index is 11.9. The summed E-state index contributed by atoms with van der Waals surface area (Å²) in [5, 5.41) is 3.17. The first kappa shape index (κ1) is 18.6. The average molecular weight is 348 g/mol. The number of carbonyl (C=O) groups excluding carboxylic acids is 2. The van der Waals surface area contributed by atoms with Crippen LogP contribution in [0.4, 0.5) is 0 Å². The highest BCUT2D eigenvalue weighted by Crippen LogP contribution is 2.31. The SMILES string of the molecule is COC(=O)[C@@H](CC(C)C)NC(=O)COc1cccc(Cl)c1Cl. The quantitative estimate of drug-likeness (QED) is 0.769. The molecule has 0 aliphatic rings. The Balaban J connectivity index is 2.60. The van der Waals surface area contributed by atoms with Gasteiger partial charge in [-0.3, -0.25) is 4.79 Å². The van der Waals surface area contributed by atoms with Crippen LogP contribution in [0.15, 0.2) is 18.2 Å². The molecule has 0 saturated heterocycles. The lowest BCUT2D eigenvalue weighted by molar-refractivity contribution is -0.145. The zero-order chi connectivity index (χ0) is 16.7. The highest BCUT2D eigenvalue weighted by atomic mass is 35.5. The summed E-state index contributed by atoms with van der Waals surface area (Å²) in [6, 6.07) is 4.19. The minimum absolute atomic E-state index is 0.229. The first-order chi connectivity index (χ1) is 10.3. The number of hydrogen-bond donors (Lipinski definition) is 1. The zero-order valence-corrected chi connectivity index (χ0v) is 14.2. The summed E-state index contributed by atoms with van der Waals surface area (Å²) < 4.78 is 10.00. The Morgan fingerprint density at radius 3 is 2.55 bits per heavy atom. The van der Waals surface area contributed by atoms with E-state index in [0.29, 0.717) is 17.2 Å². The van der Waals surface area contributed by atoms with Crippen molar-refractivity contribution >= 4 is 35.1 Å². The Morgan fingerprint density at radius 2 is 1.95 bits per heavy atom. The van der Waals surface area contributed by atoms with E-state index in [4.69, 9.17) is 27.9 Å². The first-order valence-electron chi connectivity index (χ1n) is 6.79. The Labute approximate surface area is 139 Å². The zero-order valence-electron chi connectivity index (χ0n) is 12.7. The fraction of sp³-hybridized carbons (Fsp3) is 0.467. The highest BCUT2D eigenvalue weighted by Gasteiger charge is 2.22. The van der Waals surface area contributed by atoms with Crippen LogP contribution in [0.2, 0.25) is 10.0 Å². The predicted molar refractivity (Wildman–Crippen MR) is 85.4 cm³/mol. The highest BCUT2D eigenvalue weighted by molar-refractivity contribution is 6.42. The molecule has 1 aromatic rings. The van der Waals surface area contributed by atoms with Crippen LogP contribution >= 0.6 is 23.2 Å². The number of halogens is 2. The molecule has 7 heteroatoms. The smallest absolute Gasteiger partial charge is 0.328 e. The molecule has 0 radical (unpaired) electrons. The van der Waals surface area contributed by atoms with Gasteiger partial charge >= 0.3 is 5.97 Å². The van der Waals surface area contributed by atoms with Crippen LogP contribution in [0, 0.1) is 5.92 Å². The molecule has 1 N–H and O–H groups in total. The van der Waals surface area contributed by atoms with Gasteiger partial charge in [-0.1, -0.05) is 43.1 Å². The van der Waals surface area contributed by atoms with E-state index in [1.54, 1.807) is 18.2 Å². The second-order valence-corrected chi connectivity index (χ2v) is 5.90. The molecule has 0 heterocycles. The molecule has 5 nitrogen and oxygen atoms in total. The minimum Gasteiger partial charge on any atom is -0.482 e. The van der Waals surface area contributed by atoms with Gasteiger partial charge < -0.3 is 14.8 Å². The van der Waals surface area contributed by atoms with E-state index in [-0.39, 0.29) is 17.5 Å². The molecule has 1 aromatic carbocycles. The summed E-state index contributed by atoms with van der Waals surface area (Å²) >= 11 is 11.8. The van der Waals surface area contributed by atoms with Crippen molar-refractivity contribution in [3.63, 3.8) is 0 Å². The van der Waals surface area contributed by atoms with Crippen LogP contribution in [0.25, 0.3) is 0 Å². The van der Waals surface area contributed by atoms with E-state index in [1.807, 2.05) is 13.8 Å².